The Balaban J connectivity index is 4.22. The molecule has 66 valence electrons. The van der Waals surface area contributed by atoms with Gasteiger partial charge in [0.05, 0.1) is 12.1 Å². The Morgan fingerprint density at radius 2 is 2.00 bits per heavy atom. The van der Waals surface area contributed by atoms with Gasteiger partial charge in [-0.1, -0.05) is 0 Å². The number of hydroxylamine groups is 2. The molecule has 0 atom stereocenters. The molecule has 0 saturated carbocycles. The first-order valence-corrected chi connectivity index (χ1v) is 3.55. The van der Waals surface area contributed by atoms with E-state index in [1.54, 1.807) is 27.7 Å². The van der Waals surface area contributed by atoms with Gasteiger partial charge < -0.3 is 5.11 Å². The zero-order valence-electron chi connectivity index (χ0n) is 7.42. The van der Waals surface area contributed by atoms with E-state index in [4.69, 9.17) is 9.94 Å². The lowest BCUT2D eigenvalue weighted by molar-refractivity contribution is -0.174. The molecule has 0 heterocycles. The maximum absolute atomic E-state index is 10.5. The third-order valence-electron chi connectivity index (χ3n) is 1.04. The van der Waals surface area contributed by atoms with Gasteiger partial charge in [0.2, 0.25) is 0 Å². The van der Waals surface area contributed by atoms with Gasteiger partial charge in [0.25, 0.3) is 0 Å². The molecule has 0 saturated heterocycles. The zero-order chi connectivity index (χ0) is 9.07. The molecule has 0 rings (SSSR count). The van der Waals surface area contributed by atoms with E-state index in [0.29, 0.717) is 6.61 Å². The smallest absolute Gasteiger partial charge is 0.431 e. The standard InChI is InChI=1S/C7H15NO3/c1-5-11-8(6(9)10)7(2,3)4/h5H2,1-4H3,(H,9,10). The first-order chi connectivity index (χ1) is 4.89. The minimum Gasteiger partial charge on any atom is -0.463 e. The number of amides is 1. The molecule has 1 amide bonds. The van der Waals surface area contributed by atoms with Crippen LogP contribution in [0.4, 0.5) is 4.79 Å². The van der Waals surface area contributed by atoms with E-state index < -0.39 is 11.6 Å². The van der Waals surface area contributed by atoms with Gasteiger partial charge in [-0.3, -0.25) is 4.84 Å². The summed E-state index contributed by atoms with van der Waals surface area (Å²) in [6, 6.07) is 0. The van der Waals surface area contributed by atoms with Crippen molar-refractivity contribution in [3.63, 3.8) is 0 Å². The molecule has 0 fully saturated rings. The first-order valence-electron chi connectivity index (χ1n) is 3.55. The Morgan fingerprint density at radius 3 is 2.09 bits per heavy atom. The minimum atomic E-state index is -1.06. The molecule has 0 bridgehead atoms. The summed E-state index contributed by atoms with van der Waals surface area (Å²) < 4.78 is 0. The predicted molar refractivity (Wildman–Crippen MR) is 41.2 cm³/mol. The third-order valence-corrected chi connectivity index (χ3v) is 1.04. The lowest BCUT2D eigenvalue weighted by atomic mass is 10.1. The second-order valence-corrected chi connectivity index (χ2v) is 3.17. The van der Waals surface area contributed by atoms with Gasteiger partial charge in [-0.25, -0.2) is 4.79 Å². The highest BCUT2D eigenvalue weighted by Gasteiger charge is 2.26. The van der Waals surface area contributed by atoms with Crippen LogP contribution in [0.1, 0.15) is 27.7 Å². The van der Waals surface area contributed by atoms with Crippen LogP contribution in [-0.4, -0.2) is 28.4 Å². The van der Waals surface area contributed by atoms with Crippen molar-refractivity contribution in [3.05, 3.63) is 0 Å². The molecule has 0 aromatic carbocycles. The van der Waals surface area contributed by atoms with Crippen LogP contribution >= 0.6 is 0 Å². The summed E-state index contributed by atoms with van der Waals surface area (Å²) in [5.74, 6) is 0. The number of nitrogens with zero attached hydrogens (tertiary/aromatic N) is 1. The molecule has 1 N–H and O–H groups in total. The van der Waals surface area contributed by atoms with Gasteiger partial charge in [0.15, 0.2) is 0 Å². The van der Waals surface area contributed by atoms with Crippen LogP contribution in [0.3, 0.4) is 0 Å². The molecule has 0 unspecified atom stereocenters. The van der Waals surface area contributed by atoms with Gasteiger partial charge in [0.1, 0.15) is 0 Å². The molecule has 4 nitrogen and oxygen atoms in total. The number of carbonyl (C=O) groups is 1. The van der Waals surface area contributed by atoms with Crippen molar-refractivity contribution in [2.45, 2.75) is 33.2 Å². The van der Waals surface area contributed by atoms with E-state index in [1.807, 2.05) is 0 Å². The quantitative estimate of drug-likeness (QED) is 0.627. The first kappa shape index (κ1) is 10.2. The van der Waals surface area contributed by atoms with Crippen molar-refractivity contribution in [3.8, 4) is 0 Å². The summed E-state index contributed by atoms with van der Waals surface area (Å²) in [7, 11) is 0. The molecular formula is C7H15NO3. The van der Waals surface area contributed by atoms with E-state index in [0.717, 1.165) is 5.06 Å². The summed E-state index contributed by atoms with van der Waals surface area (Å²) >= 11 is 0. The normalized spacial score (nSPS) is 11.3. The summed E-state index contributed by atoms with van der Waals surface area (Å²) in [4.78, 5) is 15.4. The number of hydrogen-bond acceptors (Lipinski definition) is 2. The minimum absolute atomic E-state index is 0.365. The van der Waals surface area contributed by atoms with Crippen LogP contribution in [-0.2, 0) is 4.84 Å². The van der Waals surface area contributed by atoms with E-state index in [9.17, 15) is 4.79 Å². The van der Waals surface area contributed by atoms with Gasteiger partial charge in [-0.05, 0) is 27.7 Å². The summed E-state index contributed by atoms with van der Waals surface area (Å²) in [5.41, 5.74) is -0.498. The second-order valence-electron chi connectivity index (χ2n) is 3.17. The molecule has 0 aliphatic carbocycles. The number of rotatable bonds is 2. The van der Waals surface area contributed by atoms with E-state index in [2.05, 4.69) is 0 Å². The van der Waals surface area contributed by atoms with Gasteiger partial charge in [-0.15, -0.1) is 0 Å². The van der Waals surface area contributed by atoms with Crippen molar-refractivity contribution in [1.82, 2.24) is 5.06 Å². The lowest BCUT2D eigenvalue weighted by Crippen LogP contribution is -2.44. The SMILES string of the molecule is CCON(C(=O)O)C(C)(C)C. The Kier molecular flexibility index (Phi) is 3.32. The van der Waals surface area contributed by atoms with Crippen molar-refractivity contribution < 1.29 is 14.7 Å². The highest BCUT2D eigenvalue weighted by molar-refractivity contribution is 5.64. The maximum atomic E-state index is 10.5. The highest BCUT2D eigenvalue weighted by Crippen LogP contribution is 2.13. The van der Waals surface area contributed by atoms with Crippen LogP contribution in [0, 0.1) is 0 Å². The fraction of sp³-hybridized carbons (Fsp3) is 0.857. The summed E-state index contributed by atoms with van der Waals surface area (Å²) in [6.45, 7) is 7.44. The molecule has 0 aliphatic rings. The van der Waals surface area contributed by atoms with E-state index in [1.165, 1.54) is 0 Å². The Morgan fingerprint density at radius 1 is 1.55 bits per heavy atom. The van der Waals surface area contributed by atoms with Gasteiger partial charge >= 0.3 is 6.09 Å². The molecule has 11 heavy (non-hydrogen) atoms. The van der Waals surface area contributed by atoms with Crippen molar-refractivity contribution >= 4 is 6.09 Å². The van der Waals surface area contributed by atoms with Crippen LogP contribution in [0.15, 0.2) is 0 Å². The largest absolute Gasteiger partial charge is 0.463 e. The molecule has 0 aromatic heterocycles. The molecular weight excluding hydrogens is 146 g/mol. The van der Waals surface area contributed by atoms with Crippen molar-refractivity contribution in [1.29, 1.82) is 0 Å². The topological polar surface area (TPSA) is 49.8 Å². The second kappa shape index (κ2) is 3.57. The van der Waals surface area contributed by atoms with Crippen molar-refractivity contribution in [2.75, 3.05) is 6.61 Å². The molecule has 0 radical (unpaired) electrons. The van der Waals surface area contributed by atoms with E-state index in [-0.39, 0.29) is 0 Å². The third kappa shape index (κ3) is 3.23. The number of hydrogen-bond donors (Lipinski definition) is 1. The Bertz CT molecular complexity index is 139. The average molecular weight is 161 g/mol. The van der Waals surface area contributed by atoms with Gasteiger partial charge in [-0.2, -0.15) is 5.06 Å². The van der Waals surface area contributed by atoms with Crippen LogP contribution in [0.5, 0.6) is 0 Å². The van der Waals surface area contributed by atoms with Gasteiger partial charge in [0, 0.05) is 0 Å². The summed E-state index contributed by atoms with van der Waals surface area (Å²) in [6.07, 6.45) is -1.06. The fourth-order valence-electron chi connectivity index (χ4n) is 0.665. The molecule has 0 spiro atoms. The van der Waals surface area contributed by atoms with Crippen molar-refractivity contribution in [2.24, 2.45) is 0 Å². The van der Waals surface area contributed by atoms with E-state index >= 15 is 0 Å². The molecule has 0 aliphatic heterocycles. The van der Waals surface area contributed by atoms with Crippen LogP contribution < -0.4 is 0 Å². The zero-order valence-corrected chi connectivity index (χ0v) is 7.42. The maximum Gasteiger partial charge on any atom is 0.431 e. The Hall–Kier alpha value is -0.770. The monoisotopic (exact) mass is 161 g/mol. The molecule has 0 aromatic rings. The highest BCUT2D eigenvalue weighted by atomic mass is 16.7. The molecule has 4 heteroatoms. The lowest BCUT2D eigenvalue weighted by Gasteiger charge is -2.30. The Labute approximate surface area is 66.7 Å². The fourth-order valence-corrected chi connectivity index (χ4v) is 0.665. The number of carboxylic acid groups (broad SMARTS) is 1. The predicted octanol–water partition coefficient (Wildman–Crippen LogP) is 1.72. The average Bonchev–Trinajstić information content (AvgIpc) is 1.79. The summed E-state index contributed by atoms with van der Waals surface area (Å²) in [5, 5.41) is 9.59. The van der Waals surface area contributed by atoms with Crippen LogP contribution in [0.25, 0.3) is 0 Å². The van der Waals surface area contributed by atoms with Crippen LogP contribution in [0.2, 0.25) is 0 Å².